The van der Waals surface area contributed by atoms with Crippen LogP contribution in [0.5, 0.6) is 0 Å². The molecule has 0 atom stereocenters. The van der Waals surface area contributed by atoms with Gasteiger partial charge in [0.1, 0.15) is 10.8 Å². The highest BCUT2D eigenvalue weighted by atomic mass is 35.5. The van der Waals surface area contributed by atoms with Gasteiger partial charge in [-0.2, -0.15) is 13.2 Å². The highest BCUT2D eigenvalue weighted by Gasteiger charge is 2.33. The quantitative estimate of drug-likeness (QED) is 0.424. The van der Waals surface area contributed by atoms with Crippen LogP contribution in [0.15, 0.2) is 24.3 Å². The van der Waals surface area contributed by atoms with Crippen LogP contribution in [0.4, 0.5) is 13.2 Å². The molecule has 1 aromatic carbocycles. The maximum Gasteiger partial charge on any atom is 0.433 e. The standard InChI is InChI=1S/C12H4Cl4F3N/c13-6-1-2-7(14)11(16)10(6)5-3-8(12(17,18)19)20-9(15)4-5/h1-4H. The van der Waals surface area contributed by atoms with Gasteiger partial charge in [0.15, 0.2) is 0 Å². The van der Waals surface area contributed by atoms with Gasteiger partial charge >= 0.3 is 6.18 Å². The van der Waals surface area contributed by atoms with E-state index in [1.54, 1.807) is 0 Å². The molecule has 0 aliphatic rings. The Labute approximate surface area is 132 Å². The molecule has 0 aliphatic carbocycles. The van der Waals surface area contributed by atoms with Crippen LogP contribution in [0, 0.1) is 0 Å². The van der Waals surface area contributed by atoms with Crippen LogP contribution in [0.3, 0.4) is 0 Å². The Morgan fingerprint density at radius 3 is 2.10 bits per heavy atom. The minimum Gasteiger partial charge on any atom is -0.232 e. The average molecular weight is 361 g/mol. The number of benzene rings is 1. The highest BCUT2D eigenvalue weighted by molar-refractivity contribution is 6.46. The van der Waals surface area contributed by atoms with Crippen molar-refractivity contribution >= 4 is 46.4 Å². The van der Waals surface area contributed by atoms with Gasteiger partial charge in [0.25, 0.3) is 0 Å². The maximum absolute atomic E-state index is 12.7. The fraction of sp³-hybridized carbons (Fsp3) is 0.0833. The zero-order valence-electron chi connectivity index (χ0n) is 9.40. The highest BCUT2D eigenvalue weighted by Crippen LogP contribution is 2.41. The van der Waals surface area contributed by atoms with Crippen LogP contribution >= 0.6 is 46.4 Å². The van der Waals surface area contributed by atoms with Gasteiger partial charge in [-0.25, -0.2) is 4.98 Å². The van der Waals surface area contributed by atoms with E-state index in [1.807, 2.05) is 0 Å². The van der Waals surface area contributed by atoms with Gasteiger partial charge in [-0.05, 0) is 29.8 Å². The van der Waals surface area contributed by atoms with Crippen molar-refractivity contribution in [3.8, 4) is 11.1 Å². The number of hydrogen-bond donors (Lipinski definition) is 0. The normalized spacial score (nSPS) is 11.8. The monoisotopic (exact) mass is 359 g/mol. The van der Waals surface area contributed by atoms with E-state index < -0.39 is 11.9 Å². The number of nitrogens with zero attached hydrogens (tertiary/aromatic N) is 1. The first-order valence-corrected chi connectivity index (χ1v) is 6.60. The van der Waals surface area contributed by atoms with Crippen molar-refractivity contribution in [3.63, 3.8) is 0 Å². The second kappa shape index (κ2) is 5.60. The Bertz CT molecular complexity index is 670. The van der Waals surface area contributed by atoms with Crippen LogP contribution in [-0.4, -0.2) is 4.98 Å². The van der Waals surface area contributed by atoms with Crippen molar-refractivity contribution in [2.75, 3.05) is 0 Å². The summed E-state index contributed by atoms with van der Waals surface area (Å²) in [6.07, 6.45) is -4.63. The van der Waals surface area contributed by atoms with Gasteiger partial charge in [-0.1, -0.05) is 46.4 Å². The van der Waals surface area contributed by atoms with Gasteiger partial charge in [0.2, 0.25) is 0 Å². The molecule has 0 N–H and O–H groups in total. The number of hydrogen-bond acceptors (Lipinski definition) is 1. The Balaban J connectivity index is 2.71. The fourth-order valence-electron chi connectivity index (χ4n) is 1.58. The van der Waals surface area contributed by atoms with E-state index in [1.165, 1.54) is 18.2 Å². The number of pyridine rings is 1. The first-order valence-electron chi connectivity index (χ1n) is 5.09. The molecule has 0 radical (unpaired) electrons. The third kappa shape index (κ3) is 3.14. The van der Waals surface area contributed by atoms with Crippen molar-refractivity contribution in [2.45, 2.75) is 6.18 Å². The van der Waals surface area contributed by atoms with Crippen LogP contribution in [-0.2, 0) is 6.18 Å². The van der Waals surface area contributed by atoms with Crippen LogP contribution in [0.1, 0.15) is 5.69 Å². The molecule has 106 valence electrons. The fourth-order valence-corrected chi connectivity index (χ4v) is 2.53. The Hall–Kier alpha value is -0.680. The molecule has 0 fully saturated rings. The summed E-state index contributed by atoms with van der Waals surface area (Å²) in [4.78, 5) is 3.23. The molecule has 0 spiro atoms. The minimum absolute atomic E-state index is 0.0505. The van der Waals surface area contributed by atoms with Crippen molar-refractivity contribution < 1.29 is 13.2 Å². The molecule has 0 unspecified atom stereocenters. The summed E-state index contributed by atoms with van der Waals surface area (Å²) in [6.45, 7) is 0. The van der Waals surface area contributed by atoms with E-state index in [2.05, 4.69) is 4.98 Å². The van der Waals surface area contributed by atoms with Crippen molar-refractivity contribution in [1.82, 2.24) is 4.98 Å². The smallest absolute Gasteiger partial charge is 0.232 e. The predicted octanol–water partition coefficient (Wildman–Crippen LogP) is 6.38. The molecule has 8 heteroatoms. The summed E-state index contributed by atoms with van der Waals surface area (Å²) in [6, 6.07) is 4.94. The lowest BCUT2D eigenvalue weighted by Gasteiger charge is -2.12. The summed E-state index contributed by atoms with van der Waals surface area (Å²) in [5, 5.41) is 0.0684. The molecule has 0 aliphatic heterocycles. The number of alkyl halides is 3. The minimum atomic E-state index is -4.63. The molecule has 1 nitrogen and oxygen atoms in total. The average Bonchev–Trinajstić information content (AvgIpc) is 2.33. The molecule has 0 bridgehead atoms. The number of halogens is 7. The Kier molecular flexibility index (Phi) is 4.40. The number of rotatable bonds is 1. The lowest BCUT2D eigenvalue weighted by atomic mass is 10.1. The van der Waals surface area contributed by atoms with Crippen molar-refractivity contribution in [2.24, 2.45) is 0 Å². The molecule has 2 rings (SSSR count). The molecule has 1 aromatic heterocycles. The SMILES string of the molecule is FC(F)(F)c1cc(-c2c(Cl)ccc(Cl)c2Cl)cc(Cl)n1. The number of aromatic nitrogens is 1. The second-order valence-electron chi connectivity index (χ2n) is 3.78. The molecular weight excluding hydrogens is 357 g/mol. The Morgan fingerprint density at radius 1 is 0.900 bits per heavy atom. The van der Waals surface area contributed by atoms with E-state index in [4.69, 9.17) is 46.4 Å². The van der Waals surface area contributed by atoms with Gasteiger partial charge < -0.3 is 0 Å². The summed E-state index contributed by atoms with van der Waals surface area (Å²) in [5.74, 6) is 0. The predicted molar refractivity (Wildman–Crippen MR) is 74.7 cm³/mol. The second-order valence-corrected chi connectivity index (χ2v) is 5.36. The lowest BCUT2D eigenvalue weighted by molar-refractivity contribution is -0.141. The van der Waals surface area contributed by atoms with E-state index in [9.17, 15) is 13.2 Å². The third-order valence-corrected chi connectivity index (χ3v) is 3.73. The Morgan fingerprint density at radius 2 is 1.50 bits per heavy atom. The molecule has 0 amide bonds. The zero-order chi connectivity index (χ0) is 15.1. The van der Waals surface area contributed by atoms with E-state index in [0.717, 1.165) is 6.07 Å². The summed E-state index contributed by atoms with van der Waals surface area (Å²) in [5.41, 5.74) is -0.863. The largest absolute Gasteiger partial charge is 0.433 e. The first-order chi connectivity index (χ1) is 9.20. The zero-order valence-corrected chi connectivity index (χ0v) is 12.4. The van der Waals surface area contributed by atoms with Crippen LogP contribution < -0.4 is 0 Å². The van der Waals surface area contributed by atoms with Gasteiger partial charge in [-0.3, -0.25) is 0 Å². The molecule has 1 heterocycles. The van der Waals surface area contributed by atoms with Crippen molar-refractivity contribution in [3.05, 3.63) is 50.2 Å². The maximum atomic E-state index is 12.7. The van der Waals surface area contributed by atoms with Gasteiger partial charge in [0, 0.05) is 10.6 Å². The van der Waals surface area contributed by atoms with E-state index >= 15 is 0 Å². The molecule has 2 aromatic rings. The van der Waals surface area contributed by atoms with Crippen LogP contribution in [0.25, 0.3) is 11.1 Å². The molecule has 20 heavy (non-hydrogen) atoms. The summed E-state index contributed by atoms with van der Waals surface area (Å²) in [7, 11) is 0. The molecule has 0 saturated carbocycles. The molecule has 0 saturated heterocycles. The van der Waals surface area contributed by atoms with Gasteiger partial charge in [0.05, 0.1) is 10.0 Å². The lowest BCUT2D eigenvalue weighted by Crippen LogP contribution is -2.08. The van der Waals surface area contributed by atoms with Crippen LogP contribution in [0.2, 0.25) is 20.2 Å². The van der Waals surface area contributed by atoms with E-state index in [0.29, 0.717) is 0 Å². The summed E-state index contributed by atoms with van der Waals surface area (Å²) < 4.78 is 38.2. The third-order valence-electron chi connectivity index (χ3n) is 2.42. The van der Waals surface area contributed by atoms with Gasteiger partial charge in [-0.15, -0.1) is 0 Å². The summed E-state index contributed by atoms with van der Waals surface area (Å²) >= 11 is 23.4. The molecular formula is C12H4Cl4F3N. The first kappa shape index (κ1) is 15.7. The topological polar surface area (TPSA) is 12.9 Å². The van der Waals surface area contributed by atoms with Crippen molar-refractivity contribution in [1.29, 1.82) is 0 Å². The van der Waals surface area contributed by atoms with E-state index in [-0.39, 0.29) is 31.3 Å².